The van der Waals surface area contributed by atoms with Gasteiger partial charge in [-0.1, -0.05) is 18.2 Å². The van der Waals surface area contributed by atoms with Crippen LogP contribution < -0.4 is 4.90 Å². The maximum atomic E-state index is 13.4. The van der Waals surface area contributed by atoms with Crippen LogP contribution in [0.1, 0.15) is 42.7 Å². The van der Waals surface area contributed by atoms with E-state index in [0.717, 1.165) is 5.56 Å². The van der Waals surface area contributed by atoms with Crippen molar-refractivity contribution < 1.29 is 18.9 Å². The Morgan fingerprint density at radius 1 is 1.10 bits per heavy atom. The third-order valence-electron chi connectivity index (χ3n) is 5.59. The molecule has 0 saturated heterocycles. The zero-order valence-electron chi connectivity index (χ0n) is 15.9. The summed E-state index contributed by atoms with van der Waals surface area (Å²) >= 11 is 0. The fourth-order valence-corrected chi connectivity index (χ4v) is 4.20. The molecule has 0 aromatic heterocycles. The lowest BCUT2D eigenvalue weighted by Gasteiger charge is -2.38. The minimum absolute atomic E-state index is 0.0267. The fourth-order valence-electron chi connectivity index (χ4n) is 4.20. The molecule has 29 heavy (non-hydrogen) atoms. The van der Waals surface area contributed by atoms with Gasteiger partial charge in [0, 0.05) is 42.2 Å². The molecule has 0 bridgehead atoms. The molecular weight excluding hydrogens is 375 g/mol. The number of anilines is 1. The van der Waals surface area contributed by atoms with Gasteiger partial charge in [0.25, 0.3) is 5.69 Å². The van der Waals surface area contributed by atoms with Gasteiger partial charge in [-0.2, -0.15) is 0 Å². The van der Waals surface area contributed by atoms with E-state index in [4.69, 9.17) is 0 Å². The van der Waals surface area contributed by atoms with E-state index in [0.29, 0.717) is 41.8 Å². The third-order valence-corrected chi connectivity index (χ3v) is 5.59. The molecule has 1 unspecified atom stereocenters. The van der Waals surface area contributed by atoms with E-state index < -0.39 is 10.8 Å². The van der Waals surface area contributed by atoms with Gasteiger partial charge < -0.3 is 0 Å². The first-order chi connectivity index (χ1) is 13.9. The highest BCUT2D eigenvalue weighted by Crippen LogP contribution is 2.44. The van der Waals surface area contributed by atoms with Crippen LogP contribution in [0.3, 0.4) is 0 Å². The third kappa shape index (κ3) is 3.33. The number of carbonyl (C=O) groups is 2. The van der Waals surface area contributed by atoms with E-state index in [1.54, 1.807) is 25.1 Å². The van der Waals surface area contributed by atoms with Crippen LogP contribution in [0.15, 0.2) is 53.7 Å². The molecule has 4 rings (SSSR count). The summed E-state index contributed by atoms with van der Waals surface area (Å²) in [5.74, 6) is -1.06. The van der Waals surface area contributed by atoms with Crippen molar-refractivity contribution in [2.24, 2.45) is 0 Å². The van der Waals surface area contributed by atoms with Gasteiger partial charge in [0.05, 0.1) is 10.6 Å². The zero-order valence-corrected chi connectivity index (χ0v) is 15.9. The van der Waals surface area contributed by atoms with Gasteiger partial charge in [0.2, 0.25) is 5.91 Å². The second-order valence-corrected chi connectivity index (χ2v) is 7.40. The fraction of sp³-hybridized carbons (Fsp3) is 0.273. The summed E-state index contributed by atoms with van der Waals surface area (Å²) in [6, 6.07) is 10.2. The number of amides is 1. The van der Waals surface area contributed by atoms with Crippen LogP contribution in [0.4, 0.5) is 15.8 Å². The second-order valence-electron chi connectivity index (χ2n) is 7.40. The summed E-state index contributed by atoms with van der Waals surface area (Å²) in [5, 5.41) is 11.2. The van der Waals surface area contributed by atoms with Gasteiger partial charge in [-0.05, 0) is 43.0 Å². The molecule has 0 radical (unpaired) electrons. The van der Waals surface area contributed by atoms with Crippen LogP contribution >= 0.6 is 0 Å². The number of benzene rings is 2. The van der Waals surface area contributed by atoms with Crippen molar-refractivity contribution in [1.29, 1.82) is 0 Å². The Kier molecular flexibility index (Phi) is 4.74. The van der Waals surface area contributed by atoms with Crippen molar-refractivity contribution in [1.82, 2.24) is 0 Å². The number of rotatable bonds is 3. The Morgan fingerprint density at radius 3 is 2.52 bits per heavy atom. The standard InChI is InChI=1S/C22H19FN2O4/c1-13-5-10-16(25(28)29)11-19(13)24-18-3-2-4-20(26)22(18)17(12-21(24)27)14-6-8-15(23)9-7-14/h5-11,17H,2-4,12H2,1H3. The summed E-state index contributed by atoms with van der Waals surface area (Å²) in [6.45, 7) is 1.78. The van der Waals surface area contributed by atoms with Crippen molar-refractivity contribution in [3.63, 3.8) is 0 Å². The number of halogens is 1. The van der Waals surface area contributed by atoms with Crippen molar-refractivity contribution in [3.05, 3.63) is 80.8 Å². The Bertz CT molecular complexity index is 1060. The normalized spacial score (nSPS) is 19.4. The first-order valence-electron chi connectivity index (χ1n) is 9.46. The van der Waals surface area contributed by atoms with Gasteiger partial charge in [-0.15, -0.1) is 0 Å². The number of hydrogen-bond donors (Lipinski definition) is 0. The molecule has 7 heteroatoms. The Hall–Kier alpha value is -3.35. The van der Waals surface area contributed by atoms with E-state index in [2.05, 4.69) is 0 Å². The summed E-state index contributed by atoms with van der Waals surface area (Å²) in [6.07, 6.45) is 1.60. The molecule has 1 aliphatic heterocycles. The maximum absolute atomic E-state index is 13.4. The number of nitro groups is 1. The molecular formula is C22H19FN2O4. The molecule has 1 amide bonds. The minimum atomic E-state index is -0.500. The average molecular weight is 394 g/mol. The number of nitrogens with zero attached hydrogens (tertiary/aromatic N) is 2. The predicted molar refractivity (Wildman–Crippen MR) is 105 cm³/mol. The van der Waals surface area contributed by atoms with Crippen LogP contribution in [0.2, 0.25) is 0 Å². The van der Waals surface area contributed by atoms with Gasteiger partial charge in [0.15, 0.2) is 5.78 Å². The van der Waals surface area contributed by atoms with Crippen molar-refractivity contribution >= 4 is 23.1 Å². The smallest absolute Gasteiger partial charge is 0.271 e. The molecule has 0 fully saturated rings. The molecule has 1 aliphatic carbocycles. The highest BCUT2D eigenvalue weighted by atomic mass is 19.1. The number of Topliss-reactive ketones (excluding diaryl/α,β-unsaturated/α-hetero) is 1. The summed E-state index contributed by atoms with van der Waals surface area (Å²) in [7, 11) is 0. The molecule has 2 aromatic rings. The van der Waals surface area contributed by atoms with E-state index in [9.17, 15) is 24.1 Å². The monoisotopic (exact) mass is 394 g/mol. The topological polar surface area (TPSA) is 80.5 Å². The zero-order chi connectivity index (χ0) is 20.7. The summed E-state index contributed by atoms with van der Waals surface area (Å²) < 4.78 is 13.4. The predicted octanol–water partition coefficient (Wildman–Crippen LogP) is 4.57. The van der Waals surface area contributed by atoms with Crippen molar-refractivity contribution in [2.45, 2.75) is 38.5 Å². The highest BCUT2D eigenvalue weighted by molar-refractivity contribution is 6.07. The van der Waals surface area contributed by atoms with Gasteiger partial charge in [-0.25, -0.2) is 4.39 Å². The molecule has 2 aliphatic rings. The van der Waals surface area contributed by atoms with Crippen molar-refractivity contribution in [3.8, 4) is 0 Å². The lowest BCUT2D eigenvalue weighted by atomic mass is 9.77. The molecule has 1 atom stereocenters. The minimum Gasteiger partial charge on any atom is -0.294 e. The van der Waals surface area contributed by atoms with Crippen molar-refractivity contribution in [2.75, 3.05) is 4.90 Å². The number of nitro benzene ring substituents is 1. The number of aryl methyl sites for hydroxylation is 1. The molecule has 148 valence electrons. The Morgan fingerprint density at radius 2 is 1.83 bits per heavy atom. The van der Waals surface area contributed by atoms with Crippen LogP contribution in [0.5, 0.6) is 0 Å². The molecule has 0 saturated carbocycles. The molecule has 0 N–H and O–H groups in total. The lowest BCUT2D eigenvalue weighted by molar-refractivity contribution is -0.384. The number of hydrogen-bond acceptors (Lipinski definition) is 4. The SMILES string of the molecule is Cc1ccc([N+](=O)[O-])cc1N1C(=O)CC(c2ccc(F)cc2)C2=C1CCCC2=O. The number of non-ortho nitro benzene ring substituents is 1. The van der Waals surface area contributed by atoms with Gasteiger partial charge >= 0.3 is 0 Å². The first-order valence-corrected chi connectivity index (χ1v) is 9.46. The number of ketones is 1. The number of allylic oxidation sites excluding steroid dienone is 2. The largest absolute Gasteiger partial charge is 0.294 e. The van der Waals surface area contributed by atoms with E-state index in [1.807, 2.05) is 0 Å². The van der Waals surface area contributed by atoms with Crippen LogP contribution in [0.25, 0.3) is 0 Å². The van der Waals surface area contributed by atoms with E-state index >= 15 is 0 Å². The van der Waals surface area contributed by atoms with Crippen LogP contribution in [-0.4, -0.2) is 16.6 Å². The van der Waals surface area contributed by atoms with Gasteiger partial charge in [0.1, 0.15) is 5.82 Å². The van der Waals surface area contributed by atoms with Crippen LogP contribution in [0, 0.1) is 22.9 Å². The molecule has 6 nitrogen and oxygen atoms in total. The highest BCUT2D eigenvalue weighted by Gasteiger charge is 2.40. The van der Waals surface area contributed by atoms with Gasteiger partial charge in [-0.3, -0.25) is 24.6 Å². The summed E-state index contributed by atoms with van der Waals surface area (Å²) in [5.41, 5.74) is 2.93. The molecule has 1 heterocycles. The van der Waals surface area contributed by atoms with Crippen LogP contribution in [-0.2, 0) is 9.59 Å². The first kappa shape index (κ1) is 19.0. The van der Waals surface area contributed by atoms with E-state index in [-0.39, 0.29) is 29.6 Å². The lowest BCUT2D eigenvalue weighted by Crippen LogP contribution is -2.40. The second kappa shape index (κ2) is 7.24. The maximum Gasteiger partial charge on any atom is 0.271 e. The quantitative estimate of drug-likeness (QED) is 0.564. The Balaban J connectivity index is 1.88. The van der Waals surface area contributed by atoms with E-state index in [1.165, 1.54) is 29.2 Å². The Labute approximate surface area is 166 Å². The number of carbonyl (C=O) groups excluding carboxylic acids is 2. The molecule has 0 spiro atoms. The average Bonchev–Trinajstić information content (AvgIpc) is 2.69. The molecule has 2 aromatic carbocycles. The summed E-state index contributed by atoms with van der Waals surface area (Å²) in [4.78, 5) is 38.2.